The van der Waals surface area contributed by atoms with Crippen LogP contribution in [0.2, 0.25) is 0 Å². The van der Waals surface area contributed by atoms with Gasteiger partial charge in [0.25, 0.3) is 0 Å². The van der Waals surface area contributed by atoms with Gasteiger partial charge in [0, 0.05) is 32.7 Å². The first-order valence-corrected chi connectivity index (χ1v) is 10.6. The molecule has 150 valence electrons. The Morgan fingerprint density at radius 1 is 0.897 bits per heavy atom. The van der Waals surface area contributed by atoms with Crippen molar-refractivity contribution in [3.63, 3.8) is 0 Å². The third kappa shape index (κ3) is 4.41. The van der Waals surface area contributed by atoms with E-state index in [4.69, 9.17) is 4.74 Å². The number of β-amino-alcohol motifs (C(OH)–C–C–N with tert-alkyl or cyclic N) is 1. The Labute approximate surface area is 178 Å². The number of benzene rings is 2. The minimum absolute atomic E-state index is 0.188. The zero-order valence-electron chi connectivity index (χ0n) is 18.5. The van der Waals surface area contributed by atoms with E-state index in [9.17, 15) is 10.2 Å². The zero-order valence-corrected chi connectivity index (χ0v) is 18.5. The fraction of sp³-hybridized carbons (Fsp3) is 0.474. The second-order valence-electron chi connectivity index (χ2n) is 9.30. The molecule has 0 aromatic heterocycles. The number of rotatable bonds is 7. The average Bonchev–Trinajstić information content (AvgIpc) is 2.68. The summed E-state index contributed by atoms with van der Waals surface area (Å²) in [4.78, 5) is 4.60. The number of aliphatic hydroxyl groups is 2. The SMILES string of the molecule is BC(B)(Oc1ccc2ccccc2c1)C(B)(O)C(B)(B)N1CCN(CCO)CC1. The van der Waals surface area contributed by atoms with Gasteiger partial charge in [-0.05, 0) is 28.2 Å². The average molecular weight is 390 g/mol. The van der Waals surface area contributed by atoms with Crippen LogP contribution in [0, 0.1) is 0 Å². The summed E-state index contributed by atoms with van der Waals surface area (Å²) in [5, 5.41) is 21.9. The van der Waals surface area contributed by atoms with E-state index >= 15 is 0 Å². The standard InChI is InChI=1S/C19H31B5N2O3/c20-17(28,18(21,22)26-9-7-25(8-10-26)11-12-27)19(23,24)29-16-6-5-14-3-1-2-4-15(14)13-16/h1-6,13,27-28H,7-12,20-24H2. The predicted molar refractivity (Wildman–Crippen MR) is 133 cm³/mol. The van der Waals surface area contributed by atoms with Gasteiger partial charge in [-0.1, -0.05) is 30.3 Å². The topological polar surface area (TPSA) is 56.2 Å². The first kappa shape index (κ1) is 22.4. The molecule has 1 unspecified atom stereocenters. The number of nitrogens with zero attached hydrogens (tertiary/aromatic N) is 2. The number of piperazine rings is 1. The monoisotopic (exact) mass is 390 g/mol. The van der Waals surface area contributed by atoms with Crippen molar-refractivity contribution < 1.29 is 14.9 Å². The minimum atomic E-state index is -1.11. The highest BCUT2D eigenvalue weighted by Crippen LogP contribution is 2.33. The van der Waals surface area contributed by atoms with Gasteiger partial charge in [-0.15, -0.1) is 0 Å². The first-order chi connectivity index (χ1) is 13.6. The molecule has 1 atom stereocenters. The Morgan fingerprint density at radius 3 is 2.14 bits per heavy atom. The summed E-state index contributed by atoms with van der Waals surface area (Å²) in [7, 11) is 10.0. The van der Waals surface area contributed by atoms with Crippen molar-refractivity contribution >= 4 is 50.0 Å². The molecule has 29 heavy (non-hydrogen) atoms. The number of hydrogen-bond acceptors (Lipinski definition) is 5. The predicted octanol–water partition coefficient (Wildman–Crippen LogP) is -4.01. The molecule has 5 nitrogen and oxygen atoms in total. The van der Waals surface area contributed by atoms with E-state index in [1.54, 1.807) is 0 Å². The number of ether oxygens (including phenoxy) is 1. The Bertz CT molecular complexity index is 841. The summed E-state index contributed by atoms with van der Waals surface area (Å²) in [6, 6.07) is 14.3. The molecule has 1 aliphatic heterocycles. The molecule has 1 fully saturated rings. The molecule has 0 radical (unpaired) electrons. The van der Waals surface area contributed by atoms with E-state index in [1.807, 2.05) is 47.8 Å². The zero-order chi connectivity index (χ0) is 21.3. The van der Waals surface area contributed by atoms with Crippen molar-refractivity contribution in [1.29, 1.82) is 0 Å². The van der Waals surface area contributed by atoms with Crippen LogP contribution in [0.3, 0.4) is 0 Å². The van der Waals surface area contributed by atoms with Crippen molar-refractivity contribution in [1.82, 2.24) is 9.80 Å². The fourth-order valence-corrected chi connectivity index (χ4v) is 4.34. The van der Waals surface area contributed by atoms with E-state index in [1.165, 1.54) is 5.39 Å². The number of aliphatic hydroxyl groups excluding tert-OH is 1. The molecule has 2 N–H and O–H groups in total. The van der Waals surface area contributed by atoms with E-state index < -0.39 is 16.2 Å². The van der Waals surface area contributed by atoms with Crippen molar-refractivity contribution in [2.75, 3.05) is 39.3 Å². The van der Waals surface area contributed by atoms with E-state index in [0.29, 0.717) is 6.54 Å². The Morgan fingerprint density at radius 2 is 1.52 bits per heavy atom. The van der Waals surface area contributed by atoms with Crippen molar-refractivity contribution in [3.8, 4) is 5.75 Å². The van der Waals surface area contributed by atoms with E-state index in [-0.39, 0.29) is 6.61 Å². The fourth-order valence-electron chi connectivity index (χ4n) is 4.34. The summed E-state index contributed by atoms with van der Waals surface area (Å²) in [6.07, 6.45) is 0. The van der Waals surface area contributed by atoms with Gasteiger partial charge in [-0.25, -0.2) is 0 Å². The van der Waals surface area contributed by atoms with Crippen LogP contribution in [0.15, 0.2) is 42.5 Å². The maximum absolute atomic E-state index is 11.7. The van der Waals surface area contributed by atoms with Gasteiger partial charge in [0.1, 0.15) is 45.0 Å². The summed E-state index contributed by atoms with van der Waals surface area (Å²) in [6.45, 7) is 4.40. The summed E-state index contributed by atoms with van der Waals surface area (Å²) in [5.41, 5.74) is -1.11. The summed E-state index contributed by atoms with van der Waals surface area (Å²) >= 11 is 0. The lowest BCUT2D eigenvalue weighted by molar-refractivity contribution is -0.0477. The maximum Gasteiger partial charge on any atom is 0.149 e. The maximum atomic E-state index is 11.7. The highest BCUT2D eigenvalue weighted by Gasteiger charge is 2.53. The molecule has 1 saturated heterocycles. The molecule has 0 aliphatic carbocycles. The van der Waals surface area contributed by atoms with E-state index in [0.717, 1.165) is 37.3 Å². The largest absolute Gasteiger partial charge is 0.503 e. The third-order valence-corrected chi connectivity index (χ3v) is 7.04. The van der Waals surface area contributed by atoms with Gasteiger partial charge in [0.05, 0.1) is 17.5 Å². The molecule has 10 heteroatoms. The second kappa shape index (κ2) is 8.42. The second-order valence-corrected chi connectivity index (χ2v) is 9.30. The number of fused-ring (bicyclic) bond motifs is 1. The van der Waals surface area contributed by atoms with Crippen molar-refractivity contribution in [2.45, 2.75) is 16.2 Å². The van der Waals surface area contributed by atoms with Crippen molar-refractivity contribution in [2.24, 2.45) is 0 Å². The van der Waals surface area contributed by atoms with Crippen LogP contribution in [0.4, 0.5) is 0 Å². The highest BCUT2D eigenvalue weighted by molar-refractivity contribution is 6.51. The number of hydrogen-bond donors (Lipinski definition) is 2. The molecule has 0 saturated carbocycles. The third-order valence-electron chi connectivity index (χ3n) is 7.04. The molecule has 2 aromatic carbocycles. The summed E-state index contributed by atoms with van der Waals surface area (Å²) in [5.74, 6) is 0.762. The molecular formula is C19H31B5N2O3. The highest BCUT2D eigenvalue weighted by atomic mass is 16.5. The summed E-state index contributed by atoms with van der Waals surface area (Å²) < 4.78 is 6.39. The van der Waals surface area contributed by atoms with Gasteiger partial charge >= 0.3 is 0 Å². The molecule has 0 amide bonds. The first-order valence-electron chi connectivity index (χ1n) is 10.6. The van der Waals surface area contributed by atoms with Crippen LogP contribution in [0.5, 0.6) is 5.75 Å². The Hall–Kier alpha value is -1.34. The lowest BCUT2D eigenvalue weighted by atomic mass is 9.34. The van der Waals surface area contributed by atoms with Gasteiger partial charge in [-0.3, -0.25) is 4.90 Å². The molecule has 0 bridgehead atoms. The van der Waals surface area contributed by atoms with Gasteiger partial charge in [0.2, 0.25) is 0 Å². The Kier molecular flexibility index (Phi) is 6.49. The lowest BCUT2D eigenvalue weighted by Crippen LogP contribution is -2.78. The van der Waals surface area contributed by atoms with Gasteiger partial charge in [-0.2, -0.15) is 0 Å². The van der Waals surface area contributed by atoms with Crippen LogP contribution in [0.25, 0.3) is 10.8 Å². The van der Waals surface area contributed by atoms with E-state index in [2.05, 4.69) is 43.7 Å². The molecular weight excluding hydrogens is 358 g/mol. The molecule has 1 heterocycles. The van der Waals surface area contributed by atoms with Gasteiger partial charge < -0.3 is 19.8 Å². The van der Waals surface area contributed by atoms with Crippen LogP contribution in [0.1, 0.15) is 0 Å². The molecule has 0 spiro atoms. The molecule has 3 rings (SSSR count). The van der Waals surface area contributed by atoms with Crippen LogP contribution >= 0.6 is 0 Å². The normalized spacial score (nSPS) is 19.1. The van der Waals surface area contributed by atoms with Crippen molar-refractivity contribution in [3.05, 3.63) is 42.5 Å². The Balaban J connectivity index is 1.77. The van der Waals surface area contributed by atoms with Crippen LogP contribution < -0.4 is 4.74 Å². The van der Waals surface area contributed by atoms with Gasteiger partial charge in [0.15, 0.2) is 0 Å². The smallest absolute Gasteiger partial charge is 0.149 e. The van der Waals surface area contributed by atoms with Crippen LogP contribution in [-0.4, -0.2) is 115 Å². The van der Waals surface area contributed by atoms with Crippen LogP contribution in [-0.2, 0) is 0 Å². The minimum Gasteiger partial charge on any atom is -0.503 e. The lowest BCUT2D eigenvalue weighted by Gasteiger charge is -2.57. The quantitative estimate of drug-likeness (QED) is 0.473. The molecule has 1 aliphatic rings. The molecule has 2 aromatic rings.